The van der Waals surface area contributed by atoms with Crippen molar-refractivity contribution in [1.82, 2.24) is 9.55 Å². The Hall–Kier alpha value is -2.37. The summed E-state index contributed by atoms with van der Waals surface area (Å²) in [6, 6.07) is 1.68. The lowest BCUT2D eigenvalue weighted by Crippen LogP contribution is -2.33. The molecule has 1 saturated heterocycles. The summed E-state index contributed by atoms with van der Waals surface area (Å²) in [5, 5.41) is 18.6. The fourth-order valence-corrected chi connectivity index (χ4v) is 1.98. The Morgan fingerprint density at radius 1 is 1.70 bits per heavy atom. The number of aliphatic hydroxyl groups is 1. The maximum atomic E-state index is 11.7. The lowest BCUT2D eigenvalue weighted by atomic mass is 10.2. The van der Waals surface area contributed by atoms with Gasteiger partial charge in [-0.3, -0.25) is 14.3 Å². The summed E-state index contributed by atoms with van der Waals surface area (Å²) >= 11 is 0. The highest BCUT2D eigenvalue weighted by atomic mass is 16.6. The van der Waals surface area contributed by atoms with Crippen LogP contribution in [0.25, 0.3) is 0 Å². The van der Waals surface area contributed by atoms with E-state index in [1.807, 2.05) is 4.98 Å². The number of nitriles is 1. The molecule has 0 bridgehead atoms. The highest BCUT2D eigenvalue weighted by molar-refractivity contribution is 5.21. The van der Waals surface area contributed by atoms with Crippen LogP contribution in [0.3, 0.4) is 0 Å². The second-order valence-electron chi connectivity index (χ2n) is 4.25. The zero-order chi connectivity index (χ0) is 14.7. The summed E-state index contributed by atoms with van der Waals surface area (Å²) in [5.74, 6) is 0. The Morgan fingerprint density at radius 3 is 3.10 bits per heavy atom. The zero-order valence-corrected chi connectivity index (χ0v) is 10.5. The second-order valence-corrected chi connectivity index (χ2v) is 4.25. The molecule has 3 atom stereocenters. The minimum Gasteiger partial charge on any atom is -0.499 e. The standard InChI is InChI=1S/C12H13N3O5/c1-2-19-6-9-8(16)3-10(20-9)15-5-7(4-13)11(17)14-12(15)18/h2,5,8-10,16H,1,3,6H2,(H,14,17,18)/t8-,9+,10?/m0/s1. The molecule has 1 unspecified atom stereocenters. The number of aromatic amines is 1. The Bertz CT molecular complexity index is 656. The van der Waals surface area contributed by atoms with Crippen LogP contribution in [0.15, 0.2) is 28.6 Å². The number of hydrogen-bond donors (Lipinski definition) is 2. The van der Waals surface area contributed by atoms with Gasteiger partial charge >= 0.3 is 5.69 Å². The van der Waals surface area contributed by atoms with Gasteiger partial charge in [0.25, 0.3) is 5.56 Å². The normalized spacial score (nSPS) is 25.1. The first-order valence-electron chi connectivity index (χ1n) is 5.88. The van der Waals surface area contributed by atoms with Gasteiger partial charge < -0.3 is 14.6 Å². The number of H-pyrrole nitrogens is 1. The molecule has 106 valence electrons. The van der Waals surface area contributed by atoms with Crippen molar-refractivity contribution in [2.75, 3.05) is 6.61 Å². The van der Waals surface area contributed by atoms with Crippen LogP contribution in [0, 0.1) is 11.3 Å². The van der Waals surface area contributed by atoms with E-state index in [1.54, 1.807) is 6.07 Å². The third kappa shape index (κ3) is 2.64. The molecule has 0 radical (unpaired) electrons. The van der Waals surface area contributed by atoms with Crippen LogP contribution < -0.4 is 11.2 Å². The van der Waals surface area contributed by atoms with Gasteiger partial charge in [0.2, 0.25) is 0 Å². The molecule has 0 spiro atoms. The Balaban J connectivity index is 2.26. The Morgan fingerprint density at radius 2 is 2.45 bits per heavy atom. The molecule has 1 aliphatic heterocycles. The molecule has 1 aromatic rings. The fraction of sp³-hybridized carbons (Fsp3) is 0.417. The lowest BCUT2D eigenvalue weighted by Gasteiger charge is -2.15. The summed E-state index contributed by atoms with van der Waals surface area (Å²) in [7, 11) is 0. The first kappa shape index (κ1) is 14.0. The average molecular weight is 279 g/mol. The maximum absolute atomic E-state index is 11.7. The third-order valence-electron chi connectivity index (χ3n) is 2.98. The fourth-order valence-electron chi connectivity index (χ4n) is 1.98. The maximum Gasteiger partial charge on any atom is 0.330 e. The molecule has 1 aliphatic rings. The van der Waals surface area contributed by atoms with E-state index in [2.05, 4.69) is 6.58 Å². The van der Waals surface area contributed by atoms with Crippen molar-refractivity contribution in [2.45, 2.75) is 24.9 Å². The van der Waals surface area contributed by atoms with Gasteiger partial charge in [0.1, 0.15) is 30.6 Å². The topological polar surface area (TPSA) is 117 Å². The van der Waals surface area contributed by atoms with Crippen molar-refractivity contribution in [3.63, 3.8) is 0 Å². The van der Waals surface area contributed by atoms with Gasteiger partial charge in [-0.05, 0) is 0 Å². The first-order valence-corrected chi connectivity index (χ1v) is 5.88. The van der Waals surface area contributed by atoms with Gasteiger partial charge in [0, 0.05) is 12.6 Å². The zero-order valence-electron chi connectivity index (χ0n) is 10.5. The average Bonchev–Trinajstić information content (AvgIpc) is 2.77. The number of aromatic nitrogens is 2. The molecule has 0 amide bonds. The number of rotatable bonds is 4. The van der Waals surface area contributed by atoms with Gasteiger partial charge in [-0.15, -0.1) is 0 Å². The predicted molar refractivity (Wildman–Crippen MR) is 66.7 cm³/mol. The van der Waals surface area contributed by atoms with Crippen LogP contribution in [0.1, 0.15) is 18.2 Å². The van der Waals surface area contributed by atoms with Gasteiger partial charge in [-0.25, -0.2) is 4.79 Å². The number of aliphatic hydroxyl groups excluding tert-OH is 1. The molecule has 0 saturated carbocycles. The number of hydrogen-bond acceptors (Lipinski definition) is 6. The van der Waals surface area contributed by atoms with E-state index in [1.165, 1.54) is 6.26 Å². The van der Waals surface area contributed by atoms with E-state index in [0.29, 0.717) is 0 Å². The summed E-state index contributed by atoms with van der Waals surface area (Å²) in [4.78, 5) is 25.0. The Kier molecular flexibility index (Phi) is 4.02. The molecule has 8 nitrogen and oxygen atoms in total. The lowest BCUT2D eigenvalue weighted by molar-refractivity contribution is -0.0484. The van der Waals surface area contributed by atoms with E-state index >= 15 is 0 Å². The van der Waals surface area contributed by atoms with Crippen LogP contribution in [0.4, 0.5) is 0 Å². The number of nitrogens with one attached hydrogen (secondary N) is 1. The smallest absolute Gasteiger partial charge is 0.330 e. The molecule has 20 heavy (non-hydrogen) atoms. The SMILES string of the molecule is C=COC[C@H]1OC(n2cc(C#N)c(=O)[nH]c2=O)C[C@@H]1O. The Labute approximate surface area is 113 Å². The van der Waals surface area contributed by atoms with Gasteiger partial charge in [-0.2, -0.15) is 5.26 Å². The van der Waals surface area contributed by atoms with Crippen molar-refractivity contribution in [3.05, 3.63) is 45.4 Å². The quantitative estimate of drug-likeness (QED) is 0.698. The van der Waals surface area contributed by atoms with E-state index in [4.69, 9.17) is 14.7 Å². The largest absolute Gasteiger partial charge is 0.499 e. The van der Waals surface area contributed by atoms with Gasteiger partial charge in [-0.1, -0.05) is 6.58 Å². The monoisotopic (exact) mass is 279 g/mol. The van der Waals surface area contributed by atoms with Crippen LogP contribution in [-0.4, -0.2) is 33.5 Å². The van der Waals surface area contributed by atoms with Crippen molar-refractivity contribution in [2.24, 2.45) is 0 Å². The minimum absolute atomic E-state index is 0.102. The molecule has 2 heterocycles. The molecule has 8 heteroatoms. The molecule has 2 rings (SSSR count). The highest BCUT2D eigenvalue weighted by Crippen LogP contribution is 2.27. The van der Waals surface area contributed by atoms with Crippen LogP contribution in [0.5, 0.6) is 0 Å². The first-order chi connectivity index (χ1) is 9.56. The van der Waals surface area contributed by atoms with Gasteiger partial charge in [0.15, 0.2) is 0 Å². The van der Waals surface area contributed by atoms with Crippen LogP contribution in [0.2, 0.25) is 0 Å². The highest BCUT2D eigenvalue weighted by Gasteiger charge is 2.35. The van der Waals surface area contributed by atoms with Crippen molar-refractivity contribution in [1.29, 1.82) is 5.26 Å². The number of nitrogens with zero attached hydrogens (tertiary/aromatic N) is 2. The molecular formula is C12H13N3O5. The molecule has 2 N–H and O–H groups in total. The molecule has 0 aromatic carbocycles. The molecular weight excluding hydrogens is 266 g/mol. The second kappa shape index (κ2) is 5.73. The molecule has 1 fully saturated rings. The van der Waals surface area contributed by atoms with Crippen LogP contribution >= 0.6 is 0 Å². The third-order valence-corrected chi connectivity index (χ3v) is 2.98. The van der Waals surface area contributed by atoms with Crippen molar-refractivity contribution >= 4 is 0 Å². The minimum atomic E-state index is -0.815. The van der Waals surface area contributed by atoms with Crippen molar-refractivity contribution < 1.29 is 14.6 Å². The van der Waals surface area contributed by atoms with E-state index < -0.39 is 29.7 Å². The van der Waals surface area contributed by atoms with Crippen molar-refractivity contribution in [3.8, 4) is 6.07 Å². The van der Waals surface area contributed by atoms with E-state index in [9.17, 15) is 14.7 Å². The number of ether oxygens (including phenoxy) is 2. The summed E-state index contributed by atoms with van der Waals surface area (Å²) < 4.78 is 11.5. The van der Waals surface area contributed by atoms with Gasteiger partial charge in [0.05, 0.1) is 12.4 Å². The van der Waals surface area contributed by atoms with E-state index in [-0.39, 0.29) is 18.6 Å². The summed E-state index contributed by atoms with van der Waals surface area (Å²) in [5.41, 5.74) is -1.65. The summed E-state index contributed by atoms with van der Waals surface area (Å²) in [6.45, 7) is 3.48. The molecule has 0 aliphatic carbocycles. The molecule has 1 aromatic heterocycles. The summed E-state index contributed by atoms with van der Waals surface area (Å²) in [6.07, 6.45) is 0.312. The van der Waals surface area contributed by atoms with E-state index in [0.717, 1.165) is 10.8 Å². The van der Waals surface area contributed by atoms with Crippen LogP contribution in [-0.2, 0) is 9.47 Å². The predicted octanol–water partition coefficient (Wildman–Crippen LogP) is -0.783.